The largest absolute Gasteiger partial charge is 0.497 e. The van der Waals surface area contributed by atoms with Gasteiger partial charge in [0.2, 0.25) is 5.91 Å². The molecule has 4 aromatic rings. The molecule has 0 spiro atoms. The summed E-state index contributed by atoms with van der Waals surface area (Å²) in [5.74, 6) is 1.71. The van der Waals surface area contributed by atoms with Crippen molar-refractivity contribution in [3.05, 3.63) is 83.4 Å². The molecule has 0 aliphatic heterocycles. The van der Waals surface area contributed by atoms with Crippen molar-refractivity contribution in [2.24, 2.45) is 0 Å². The lowest BCUT2D eigenvalue weighted by atomic mass is 9.98. The Morgan fingerprint density at radius 3 is 2.12 bits per heavy atom. The molecule has 1 aromatic heterocycles. The number of nitrogens with one attached hydrogen (secondary N) is 2. The van der Waals surface area contributed by atoms with E-state index in [1.807, 2.05) is 67.6 Å². The Kier molecular flexibility index (Phi) is 6.66. The number of fused-ring (bicyclic) bond motifs is 1. The first kappa shape index (κ1) is 21.8. The van der Waals surface area contributed by atoms with Crippen LogP contribution in [0, 0.1) is 6.92 Å². The minimum absolute atomic E-state index is 0.0803. The Morgan fingerprint density at radius 2 is 1.56 bits per heavy atom. The molecule has 0 saturated heterocycles. The number of rotatable bonds is 8. The number of benzene rings is 3. The molecular formula is C25H25N3O3S. The maximum Gasteiger partial charge on any atom is 0.231 e. The molecule has 3 aromatic carbocycles. The number of nitrogens with zero attached hydrogens (tertiary/aromatic N) is 1. The average molecular weight is 448 g/mol. The number of amides is 1. The van der Waals surface area contributed by atoms with E-state index in [0.717, 1.165) is 44.4 Å². The number of methoxy groups -OCH3 is 2. The van der Waals surface area contributed by atoms with Crippen molar-refractivity contribution in [1.29, 1.82) is 0 Å². The molecule has 0 radical (unpaired) electrons. The molecule has 164 valence electrons. The molecule has 7 heteroatoms. The smallest absolute Gasteiger partial charge is 0.231 e. The second-order valence-electron chi connectivity index (χ2n) is 7.40. The summed E-state index contributed by atoms with van der Waals surface area (Å²) in [6, 6.07) is 21.2. The van der Waals surface area contributed by atoms with Crippen LogP contribution in [0.25, 0.3) is 11.0 Å². The summed E-state index contributed by atoms with van der Waals surface area (Å²) in [4.78, 5) is 20.7. The summed E-state index contributed by atoms with van der Waals surface area (Å²) in [5.41, 5.74) is 4.97. The number of aromatic amines is 1. The highest BCUT2D eigenvalue weighted by Crippen LogP contribution is 2.27. The number of thioether (sulfide) groups is 1. The topological polar surface area (TPSA) is 76.2 Å². The molecule has 0 atom stereocenters. The number of imidazole rings is 1. The lowest BCUT2D eigenvalue weighted by Crippen LogP contribution is -2.30. The molecule has 0 aliphatic rings. The van der Waals surface area contributed by atoms with Crippen LogP contribution in [0.1, 0.15) is 22.7 Å². The number of H-pyrrole nitrogens is 1. The van der Waals surface area contributed by atoms with Crippen LogP contribution in [0.2, 0.25) is 0 Å². The van der Waals surface area contributed by atoms with Crippen LogP contribution in [-0.4, -0.2) is 35.8 Å². The first-order valence-corrected chi connectivity index (χ1v) is 11.2. The van der Waals surface area contributed by atoms with Crippen LogP contribution in [0.15, 0.2) is 71.9 Å². The van der Waals surface area contributed by atoms with E-state index >= 15 is 0 Å². The molecule has 1 amide bonds. The fourth-order valence-electron chi connectivity index (χ4n) is 3.46. The highest BCUT2D eigenvalue weighted by molar-refractivity contribution is 7.99. The van der Waals surface area contributed by atoms with Gasteiger partial charge in [-0.3, -0.25) is 4.79 Å². The Bertz CT molecular complexity index is 1160. The van der Waals surface area contributed by atoms with Crippen molar-refractivity contribution in [2.45, 2.75) is 18.1 Å². The molecule has 0 unspecified atom stereocenters. The van der Waals surface area contributed by atoms with Crippen molar-refractivity contribution < 1.29 is 14.3 Å². The number of aromatic nitrogens is 2. The van der Waals surface area contributed by atoms with E-state index < -0.39 is 0 Å². The third-order valence-electron chi connectivity index (χ3n) is 5.16. The van der Waals surface area contributed by atoms with Crippen molar-refractivity contribution >= 4 is 28.7 Å². The van der Waals surface area contributed by atoms with E-state index in [0.29, 0.717) is 0 Å². The van der Waals surface area contributed by atoms with Crippen molar-refractivity contribution in [1.82, 2.24) is 15.3 Å². The highest BCUT2D eigenvalue weighted by Gasteiger charge is 2.18. The van der Waals surface area contributed by atoms with Crippen molar-refractivity contribution in [3.63, 3.8) is 0 Å². The molecule has 1 heterocycles. The fraction of sp³-hybridized carbons (Fsp3) is 0.200. The van der Waals surface area contributed by atoms with Gasteiger partial charge in [-0.1, -0.05) is 42.1 Å². The average Bonchev–Trinajstić information content (AvgIpc) is 3.23. The summed E-state index contributed by atoms with van der Waals surface area (Å²) in [6.07, 6.45) is 0. The Morgan fingerprint density at radius 1 is 0.969 bits per heavy atom. The maximum atomic E-state index is 12.9. The lowest BCUT2D eigenvalue weighted by Gasteiger charge is -2.20. The van der Waals surface area contributed by atoms with Gasteiger partial charge in [-0.15, -0.1) is 0 Å². The van der Waals surface area contributed by atoms with Crippen LogP contribution >= 0.6 is 11.8 Å². The zero-order valence-electron chi connectivity index (χ0n) is 18.2. The van der Waals surface area contributed by atoms with Gasteiger partial charge in [0, 0.05) is 0 Å². The Balaban J connectivity index is 1.50. The zero-order chi connectivity index (χ0) is 22.5. The third-order valence-corrected chi connectivity index (χ3v) is 6.03. The van der Waals surface area contributed by atoms with Crippen LogP contribution in [0.3, 0.4) is 0 Å². The molecule has 6 nitrogen and oxygen atoms in total. The van der Waals surface area contributed by atoms with Gasteiger partial charge in [-0.2, -0.15) is 0 Å². The first-order valence-electron chi connectivity index (χ1n) is 10.2. The van der Waals surface area contributed by atoms with E-state index in [9.17, 15) is 4.79 Å². The molecule has 0 aliphatic carbocycles. The molecule has 4 rings (SSSR count). The summed E-state index contributed by atoms with van der Waals surface area (Å²) in [7, 11) is 3.27. The van der Waals surface area contributed by atoms with Gasteiger partial charge in [0.05, 0.1) is 37.0 Å². The lowest BCUT2D eigenvalue weighted by molar-refractivity contribution is -0.119. The predicted molar refractivity (Wildman–Crippen MR) is 128 cm³/mol. The Hall–Kier alpha value is -3.45. The first-order chi connectivity index (χ1) is 15.6. The number of carbonyl (C=O) groups is 1. The molecule has 0 bridgehead atoms. The second-order valence-corrected chi connectivity index (χ2v) is 8.36. The van der Waals surface area contributed by atoms with E-state index in [1.54, 1.807) is 14.2 Å². The zero-order valence-corrected chi connectivity index (χ0v) is 19.0. The molecule has 32 heavy (non-hydrogen) atoms. The van der Waals surface area contributed by atoms with Gasteiger partial charge < -0.3 is 19.8 Å². The second kappa shape index (κ2) is 9.78. The minimum atomic E-state index is -0.293. The van der Waals surface area contributed by atoms with Gasteiger partial charge in [0.25, 0.3) is 0 Å². The fourth-order valence-corrected chi connectivity index (χ4v) is 4.15. The van der Waals surface area contributed by atoms with Crippen LogP contribution in [0.5, 0.6) is 11.5 Å². The molecule has 0 fully saturated rings. The predicted octanol–water partition coefficient (Wildman–Crippen LogP) is 4.89. The van der Waals surface area contributed by atoms with E-state index in [2.05, 4.69) is 21.4 Å². The Labute approximate surface area is 191 Å². The van der Waals surface area contributed by atoms with Gasteiger partial charge in [0.1, 0.15) is 11.5 Å². The number of ether oxygens (including phenoxy) is 2. The van der Waals surface area contributed by atoms with Crippen molar-refractivity contribution in [2.75, 3.05) is 20.0 Å². The van der Waals surface area contributed by atoms with Gasteiger partial charge in [-0.05, 0) is 60.0 Å². The van der Waals surface area contributed by atoms with Gasteiger partial charge in [-0.25, -0.2) is 4.98 Å². The van der Waals surface area contributed by atoms with E-state index in [4.69, 9.17) is 9.47 Å². The SMILES string of the molecule is COc1ccc(C(NC(=O)CSc2nc3ccc(C)cc3[nH]2)c2ccc(OC)cc2)cc1. The maximum absolute atomic E-state index is 12.9. The minimum Gasteiger partial charge on any atom is -0.497 e. The number of carbonyl (C=O) groups excluding carboxylic acids is 1. The summed E-state index contributed by atoms with van der Waals surface area (Å²) >= 11 is 1.39. The van der Waals surface area contributed by atoms with E-state index in [-0.39, 0.29) is 17.7 Å². The number of aryl methyl sites for hydroxylation is 1. The van der Waals surface area contributed by atoms with Crippen molar-refractivity contribution in [3.8, 4) is 11.5 Å². The normalized spacial score (nSPS) is 11.0. The van der Waals surface area contributed by atoms with Gasteiger partial charge >= 0.3 is 0 Å². The number of hydrogen-bond acceptors (Lipinski definition) is 5. The quantitative estimate of drug-likeness (QED) is 0.376. The third kappa shape index (κ3) is 5.06. The summed E-state index contributed by atoms with van der Waals surface area (Å²) < 4.78 is 10.5. The summed E-state index contributed by atoms with van der Waals surface area (Å²) in [5, 5.41) is 3.88. The van der Waals surface area contributed by atoms with E-state index in [1.165, 1.54) is 11.8 Å². The molecule has 0 saturated carbocycles. The van der Waals surface area contributed by atoms with Crippen LogP contribution < -0.4 is 14.8 Å². The van der Waals surface area contributed by atoms with Gasteiger partial charge in [0.15, 0.2) is 5.16 Å². The summed E-state index contributed by atoms with van der Waals surface area (Å²) in [6.45, 7) is 2.04. The standard InChI is InChI=1S/C25H25N3O3S/c1-16-4-13-21-22(14-16)27-25(26-21)32-15-23(29)28-24(17-5-9-19(30-2)10-6-17)18-7-11-20(31-3)12-8-18/h4-14,24H,15H2,1-3H3,(H,26,27)(H,28,29). The van der Waals surface area contributed by atoms with Crippen LogP contribution in [-0.2, 0) is 4.79 Å². The molecule has 2 N–H and O–H groups in total. The van der Waals surface area contributed by atoms with Crippen LogP contribution in [0.4, 0.5) is 0 Å². The highest BCUT2D eigenvalue weighted by atomic mass is 32.2. The monoisotopic (exact) mass is 447 g/mol. The number of hydrogen-bond donors (Lipinski definition) is 2. The molecular weight excluding hydrogens is 422 g/mol.